The first-order valence-electron chi connectivity index (χ1n) is 7.22. The first-order valence-corrected chi connectivity index (χ1v) is 7.22. The van der Waals surface area contributed by atoms with E-state index in [1.54, 1.807) is 7.11 Å². The molecular formula is C18H21NO. The van der Waals surface area contributed by atoms with Gasteiger partial charge in [-0.2, -0.15) is 0 Å². The molecule has 20 heavy (non-hydrogen) atoms. The van der Waals surface area contributed by atoms with E-state index < -0.39 is 0 Å². The zero-order chi connectivity index (χ0) is 14.2. The Bertz CT molecular complexity index is 609. The third-order valence-corrected chi connectivity index (χ3v) is 3.32. The number of pyridine rings is 1. The molecule has 1 aromatic carbocycles. The van der Waals surface area contributed by atoms with Gasteiger partial charge in [0.1, 0.15) is 6.10 Å². The Morgan fingerprint density at radius 3 is 2.90 bits per heavy atom. The van der Waals surface area contributed by atoms with Crippen molar-refractivity contribution >= 4 is 10.9 Å². The maximum absolute atomic E-state index is 5.41. The van der Waals surface area contributed by atoms with E-state index in [1.807, 2.05) is 24.4 Å². The molecule has 0 N–H and O–H groups in total. The molecule has 1 atom stereocenters. The van der Waals surface area contributed by atoms with Crippen LogP contribution >= 0.6 is 0 Å². The zero-order valence-corrected chi connectivity index (χ0v) is 12.2. The molecule has 2 rings (SSSR count). The maximum atomic E-state index is 5.41. The van der Waals surface area contributed by atoms with E-state index in [0.717, 1.165) is 22.9 Å². The van der Waals surface area contributed by atoms with Crippen LogP contribution in [0, 0.1) is 11.8 Å². The number of nitrogens with zero attached hydrogens (tertiary/aromatic N) is 1. The molecule has 104 valence electrons. The molecule has 0 saturated carbocycles. The van der Waals surface area contributed by atoms with E-state index in [4.69, 9.17) is 4.74 Å². The van der Waals surface area contributed by atoms with Crippen molar-refractivity contribution in [3.8, 4) is 11.8 Å². The first kappa shape index (κ1) is 14.6. The lowest BCUT2D eigenvalue weighted by Crippen LogP contribution is -2.07. The van der Waals surface area contributed by atoms with Crippen molar-refractivity contribution in [3.05, 3.63) is 42.1 Å². The van der Waals surface area contributed by atoms with Crippen LogP contribution in [0.1, 0.15) is 38.2 Å². The SMILES string of the molecule is CCCCCC(C#Cc1cnc2ccccc2c1)OC. The highest BCUT2D eigenvalue weighted by Gasteiger charge is 2.02. The number of para-hydroxylation sites is 1. The number of aromatic nitrogens is 1. The average molecular weight is 267 g/mol. The first-order chi connectivity index (χ1) is 9.83. The van der Waals surface area contributed by atoms with Crippen LogP contribution in [-0.2, 0) is 4.74 Å². The number of fused-ring (bicyclic) bond motifs is 1. The number of hydrogen-bond donors (Lipinski definition) is 0. The smallest absolute Gasteiger partial charge is 0.118 e. The molecule has 0 aliphatic carbocycles. The molecule has 2 aromatic rings. The molecular weight excluding hydrogens is 246 g/mol. The highest BCUT2D eigenvalue weighted by molar-refractivity contribution is 5.79. The lowest BCUT2D eigenvalue weighted by Gasteiger charge is -2.07. The fourth-order valence-electron chi connectivity index (χ4n) is 2.13. The average Bonchev–Trinajstić information content (AvgIpc) is 2.50. The summed E-state index contributed by atoms with van der Waals surface area (Å²) in [4.78, 5) is 4.42. The Morgan fingerprint density at radius 2 is 2.10 bits per heavy atom. The van der Waals surface area contributed by atoms with E-state index in [1.165, 1.54) is 19.3 Å². The third kappa shape index (κ3) is 4.08. The van der Waals surface area contributed by atoms with Crippen molar-refractivity contribution in [3.63, 3.8) is 0 Å². The largest absolute Gasteiger partial charge is 0.369 e. The van der Waals surface area contributed by atoms with Gasteiger partial charge < -0.3 is 4.74 Å². The van der Waals surface area contributed by atoms with E-state index in [2.05, 4.69) is 35.9 Å². The van der Waals surface area contributed by atoms with Crippen molar-refractivity contribution < 1.29 is 4.74 Å². The number of methoxy groups -OCH3 is 1. The minimum atomic E-state index is 0.0213. The fourth-order valence-corrected chi connectivity index (χ4v) is 2.13. The minimum absolute atomic E-state index is 0.0213. The summed E-state index contributed by atoms with van der Waals surface area (Å²) in [5.41, 5.74) is 1.95. The van der Waals surface area contributed by atoms with Crippen LogP contribution in [0.3, 0.4) is 0 Å². The van der Waals surface area contributed by atoms with Crippen molar-refractivity contribution in [2.45, 2.75) is 38.7 Å². The van der Waals surface area contributed by atoms with Crippen molar-refractivity contribution in [2.75, 3.05) is 7.11 Å². The van der Waals surface area contributed by atoms with Crippen molar-refractivity contribution in [1.29, 1.82) is 0 Å². The second-order valence-electron chi connectivity index (χ2n) is 4.91. The Kier molecular flexibility index (Phi) is 5.58. The molecule has 0 fully saturated rings. The molecule has 0 amide bonds. The molecule has 2 nitrogen and oxygen atoms in total. The maximum Gasteiger partial charge on any atom is 0.118 e. The van der Waals surface area contributed by atoms with Crippen LogP contribution in [0.15, 0.2) is 36.5 Å². The topological polar surface area (TPSA) is 22.1 Å². The van der Waals surface area contributed by atoms with Crippen molar-refractivity contribution in [2.24, 2.45) is 0 Å². The summed E-state index contributed by atoms with van der Waals surface area (Å²) in [5.74, 6) is 6.37. The van der Waals surface area contributed by atoms with Gasteiger partial charge in [0.05, 0.1) is 5.52 Å². The van der Waals surface area contributed by atoms with Crippen LogP contribution in [0.2, 0.25) is 0 Å². The van der Waals surface area contributed by atoms with Gasteiger partial charge in [0, 0.05) is 24.3 Å². The van der Waals surface area contributed by atoms with Crippen LogP contribution in [0.5, 0.6) is 0 Å². The van der Waals surface area contributed by atoms with E-state index in [9.17, 15) is 0 Å². The number of ether oxygens (including phenoxy) is 1. The molecule has 1 unspecified atom stereocenters. The Labute approximate surface area is 121 Å². The number of benzene rings is 1. The van der Waals surface area contributed by atoms with Gasteiger partial charge in [-0.15, -0.1) is 0 Å². The lowest BCUT2D eigenvalue weighted by molar-refractivity contribution is 0.138. The Morgan fingerprint density at radius 1 is 1.25 bits per heavy atom. The van der Waals surface area contributed by atoms with Crippen LogP contribution in [0.4, 0.5) is 0 Å². The predicted octanol–water partition coefficient (Wildman–Crippen LogP) is 4.18. The predicted molar refractivity (Wildman–Crippen MR) is 83.6 cm³/mol. The van der Waals surface area contributed by atoms with Gasteiger partial charge in [0.25, 0.3) is 0 Å². The molecule has 0 bridgehead atoms. The second-order valence-corrected chi connectivity index (χ2v) is 4.91. The van der Waals surface area contributed by atoms with Crippen LogP contribution < -0.4 is 0 Å². The molecule has 1 heterocycles. The van der Waals surface area contributed by atoms with Gasteiger partial charge in [-0.25, -0.2) is 0 Å². The van der Waals surface area contributed by atoms with E-state index in [-0.39, 0.29) is 6.10 Å². The molecule has 1 aromatic heterocycles. The lowest BCUT2D eigenvalue weighted by atomic mass is 10.1. The molecule has 0 aliphatic heterocycles. The van der Waals surface area contributed by atoms with Gasteiger partial charge in [0.2, 0.25) is 0 Å². The van der Waals surface area contributed by atoms with Gasteiger partial charge >= 0.3 is 0 Å². The number of rotatable bonds is 5. The van der Waals surface area contributed by atoms with Gasteiger partial charge in [-0.05, 0) is 25.0 Å². The fraction of sp³-hybridized carbons (Fsp3) is 0.389. The standard InChI is InChI=1S/C18H21NO/c1-3-4-5-9-17(20-2)12-11-15-13-16-8-6-7-10-18(16)19-14-15/h6-8,10,13-14,17H,3-5,9H2,1-2H3. The summed E-state index contributed by atoms with van der Waals surface area (Å²) in [5, 5.41) is 1.12. The monoisotopic (exact) mass is 267 g/mol. The van der Waals surface area contributed by atoms with Gasteiger partial charge in [0.15, 0.2) is 0 Å². The van der Waals surface area contributed by atoms with E-state index >= 15 is 0 Å². The zero-order valence-electron chi connectivity index (χ0n) is 12.2. The summed E-state index contributed by atoms with van der Waals surface area (Å²) in [7, 11) is 1.73. The third-order valence-electron chi connectivity index (χ3n) is 3.32. The summed E-state index contributed by atoms with van der Waals surface area (Å²) >= 11 is 0. The van der Waals surface area contributed by atoms with E-state index in [0.29, 0.717) is 0 Å². The Hall–Kier alpha value is -1.85. The summed E-state index contributed by atoms with van der Waals surface area (Å²) < 4.78 is 5.41. The van der Waals surface area contributed by atoms with Crippen LogP contribution in [0.25, 0.3) is 10.9 Å². The molecule has 0 aliphatic rings. The molecule has 0 radical (unpaired) electrons. The highest BCUT2D eigenvalue weighted by atomic mass is 16.5. The summed E-state index contributed by atoms with van der Waals surface area (Å²) in [6, 6.07) is 10.2. The number of hydrogen-bond acceptors (Lipinski definition) is 2. The molecule has 2 heteroatoms. The minimum Gasteiger partial charge on any atom is -0.369 e. The normalized spacial score (nSPS) is 11.9. The summed E-state index contributed by atoms with van der Waals surface area (Å²) in [6.45, 7) is 2.20. The molecule has 0 spiro atoms. The van der Waals surface area contributed by atoms with Gasteiger partial charge in [-0.1, -0.05) is 49.8 Å². The second kappa shape index (κ2) is 7.67. The number of unbranched alkanes of at least 4 members (excludes halogenated alkanes) is 2. The highest BCUT2D eigenvalue weighted by Crippen LogP contribution is 2.12. The van der Waals surface area contributed by atoms with Crippen molar-refractivity contribution in [1.82, 2.24) is 4.98 Å². The summed E-state index contributed by atoms with van der Waals surface area (Å²) in [6.07, 6.45) is 6.47. The molecule has 0 saturated heterocycles. The van der Waals surface area contributed by atoms with Gasteiger partial charge in [-0.3, -0.25) is 4.98 Å². The Balaban J connectivity index is 2.08. The van der Waals surface area contributed by atoms with Crippen LogP contribution in [-0.4, -0.2) is 18.2 Å². The quantitative estimate of drug-likeness (QED) is 0.599.